The molecule has 0 aliphatic heterocycles. The summed E-state index contributed by atoms with van der Waals surface area (Å²) in [6, 6.07) is 10.0. The van der Waals surface area contributed by atoms with Gasteiger partial charge in [0.15, 0.2) is 0 Å². The molecule has 2 aromatic heterocycles. The van der Waals surface area contributed by atoms with Crippen molar-refractivity contribution < 1.29 is 0 Å². The fourth-order valence-electron chi connectivity index (χ4n) is 1.70. The molecule has 0 atom stereocenters. The molecule has 0 fully saturated rings. The summed E-state index contributed by atoms with van der Waals surface area (Å²) in [6.07, 6.45) is 3.32. The summed E-state index contributed by atoms with van der Waals surface area (Å²) in [5.41, 5.74) is 5.36. The lowest BCUT2D eigenvalue weighted by atomic mass is 10.1. The van der Waals surface area contributed by atoms with E-state index in [0.29, 0.717) is 5.56 Å². The molecule has 1 aromatic carbocycles. The first kappa shape index (κ1) is 9.94. The van der Waals surface area contributed by atoms with Crippen molar-refractivity contribution in [2.24, 2.45) is 0 Å². The summed E-state index contributed by atoms with van der Waals surface area (Å²) >= 11 is 1.62. The van der Waals surface area contributed by atoms with Crippen LogP contribution in [0.25, 0.3) is 21.3 Å². The molecule has 0 aliphatic carbocycles. The van der Waals surface area contributed by atoms with E-state index in [1.165, 1.54) is 0 Å². The van der Waals surface area contributed by atoms with Gasteiger partial charge in [0.25, 0.3) is 0 Å². The van der Waals surface area contributed by atoms with Crippen LogP contribution < -0.4 is 0 Å². The lowest BCUT2D eigenvalue weighted by molar-refractivity contribution is 1.30. The molecule has 4 heteroatoms. The molecule has 0 spiro atoms. The second kappa shape index (κ2) is 3.96. The Hall–Kier alpha value is -2.25. The van der Waals surface area contributed by atoms with Gasteiger partial charge in [-0.25, -0.2) is 4.98 Å². The van der Waals surface area contributed by atoms with Gasteiger partial charge in [0, 0.05) is 18.0 Å². The van der Waals surface area contributed by atoms with Gasteiger partial charge in [-0.3, -0.25) is 4.98 Å². The minimum absolute atomic E-state index is 0.570. The molecule has 0 N–H and O–H groups in total. The number of benzene rings is 1. The molecular weight excluding hydrogens is 230 g/mol. The van der Waals surface area contributed by atoms with E-state index in [0.717, 1.165) is 21.3 Å². The van der Waals surface area contributed by atoms with Crippen LogP contribution in [0.3, 0.4) is 0 Å². The van der Waals surface area contributed by atoms with E-state index in [-0.39, 0.29) is 0 Å². The molecule has 0 radical (unpaired) electrons. The first-order chi connectivity index (χ1) is 8.36. The molecule has 0 aliphatic rings. The predicted octanol–water partition coefficient (Wildman–Crippen LogP) is 3.23. The molecule has 3 aromatic rings. The van der Waals surface area contributed by atoms with Gasteiger partial charge < -0.3 is 0 Å². The second-order valence-corrected chi connectivity index (χ2v) is 4.50. The number of hydrogen-bond donors (Lipinski definition) is 0. The Morgan fingerprint density at radius 1 is 1.12 bits per heavy atom. The number of nitriles is 1. The Labute approximate surface area is 102 Å². The molecule has 0 bridgehead atoms. The lowest BCUT2D eigenvalue weighted by Gasteiger charge is -2.01. The Bertz CT molecular complexity index is 725. The molecule has 3 rings (SSSR count). The highest BCUT2D eigenvalue weighted by molar-refractivity contribution is 7.16. The van der Waals surface area contributed by atoms with Gasteiger partial charge in [0.2, 0.25) is 0 Å². The van der Waals surface area contributed by atoms with Crippen LogP contribution in [-0.2, 0) is 0 Å². The summed E-state index contributed by atoms with van der Waals surface area (Å²) in [5, 5.41) is 8.85. The van der Waals surface area contributed by atoms with Crippen molar-refractivity contribution >= 4 is 21.6 Å². The maximum absolute atomic E-state index is 8.85. The topological polar surface area (TPSA) is 49.6 Å². The summed E-state index contributed by atoms with van der Waals surface area (Å²) < 4.78 is 1.16. The number of nitrogens with zero attached hydrogens (tertiary/aromatic N) is 3. The minimum Gasteiger partial charge on any atom is -0.263 e. The van der Waals surface area contributed by atoms with Gasteiger partial charge in [0.1, 0.15) is 6.07 Å². The van der Waals surface area contributed by atoms with Crippen LogP contribution in [-0.4, -0.2) is 9.97 Å². The van der Waals surface area contributed by atoms with Gasteiger partial charge in [-0.2, -0.15) is 5.26 Å². The van der Waals surface area contributed by atoms with E-state index in [1.54, 1.807) is 23.7 Å². The fraction of sp³-hybridized carbons (Fsp3) is 0. The van der Waals surface area contributed by atoms with Crippen molar-refractivity contribution in [2.75, 3.05) is 0 Å². The van der Waals surface area contributed by atoms with Crippen LogP contribution in [0.2, 0.25) is 0 Å². The zero-order valence-electron chi connectivity index (χ0n) is 8.79. The molecule has 2 heterocycles. The third-order valence-electron chi connectivity index (χ3n) is 2.53. The number of aromatic nitrogens is 2. The highest BCUT2D eigenvalue weighted by atomic mass is 32.1. The van der Waals surface area contributed by atoms with Crippen LogP contribution >= 0.6 is 11.3 Å². The smallest absolute Gasteiger partial charge is 0.101 e. The van der Waals surface area contributed by atoms with E-state index in [1.807, 2.05) is 29.8 Å². The van der Waals surface area contributed by atoms with Gasteiger partial charge in [-0.1, -0.05) is 6.07 Å². The summed E-state index contributed by atoms with van der Waals surface area (Å²) in [4.78, 5) is 8.34. The van der Waals surface area contributed by atoms with Gasteiger partial charge in [0.05, 0.1) is 21.3 Å². The predicted molar refractivity (Wildman–Crippen MR) is 67.6 cm³/mol. The van der Waals surface area contributed by atoms with Gasteiger partial charge >= 0.3 is 0 Å². The Balaban J connectivity index is 2.16. The molecule has 17 heavy (non-hydrogen) atoms. The second-order valence-electron chi connectivity index (χ2n) is 3.61. The van der Waals surface area contributed by atoms with E-state index >= 15 is 0 Å². The van der Waals surface area contributed by atoms with Crippen LogP contribution in [0.15, 0.2) is 42.2 Å². The van der Waals surface area contributed by atoms with E-state index < -0.39 is 0 Å². The monoisotopic (exact) mass is 237 g/mol. The molecule has 0 unspecified atom stereocenters. The third-order valence-corrected chi connectivity index (χ3v) is 3.34. The van der Waals surface area contributed by atoms with E-state index in [2.05, 4.69) is 16.0 Å². The van der Waals surface area contributed by atoms with E-state index in [9.17, 15) is 0 Å². The number of hydrogen-bond acceptors (Lipinski definition) is 4. The van der Waals surface area contributed by atoms with Crippen molar-refractivity contribution in [2.45, 2.75) is 0 Å². The Morgan fingerprint density at radius 2 is 2.06 bits per heavy atom. The van der Waals surface area contributed by atoms with Crippen LogP contribution in [0, 0.1) is 11.3 Å². The molecule has 0 saturated carbocycles. The summed E-state index contributed by atoms with van der Waals surface area (Å²) in [5.74, 6) is 0. The first-order valence-electron chi connectivity index (χ1n) is 5.05. The van der Waals surface area contributed by atoms with Crippen molar-refractivity contribution in [3.05, 3.63) is 47.7 Å². The SMILES string of the molecule is N#Cc1cncc(-c2ccc3scnc3c2)c1. The molecule has 3 nitrogen and oxygen atoms in total. The Kier molecular flexibility index (Phi) is 2.32. The molecular formula is C13H7N3S. The summed E-state index contributed by atoms with van der Waals surface area (Å²) in [7, 11) is 0. The van der Waals surface area contributed by atoms with Crippen molar-refractivity contribution in [3.8, 4) is 17.2 Å². The number of fused-ring (bicyclic) bond motifs is 1. The molecule has 80 valence electrons. The maximum Gasteiger partial charge on any atom is 0.101 e. The highest BCUT2D eigenvalue weighted by Crippen LogP contribution is 2.25. The van der Waals surface area contributed by atoms with Crippen molar-refractivity contribution in [1.82, 2.24) is 9.97 Å². The largest absolute Gasteiger partial charge is 0.263 e. The number of thiazole rings is 1. The minimum atomic E-state index is 0.570. The standard InChI is InChI=1S/C13H7N3S/c14-5-9-3-11(7-15-6-9)10-1-2-13-12(4-10)16-8-17-13/h1-4,6-8H. The van der Waals surface area contributed by atoms with Gasteiger partial charge in [-0.05, 0) is 23.8 Å². The first-order valence-corrected chi connectivity index (χ1v) is 5.93. The normalized spacial score (nSPS) is 10.3. The van der Waals surface area contributed by atoms with Gasteiger partial charge in [-0.15, -0.1) is 11.3 Å². The third kappa shape index (κ3) is 1.77. The zero-order valence-corrected chi connectivity index (χ0v) is 9.61. The van der Waals surface area contributed by atoms with Crippen LogP contribution in [0.5, 0.6) is 0 Å². The average Bonchev–Trinajstić information content (AvgIpc) is 2.86. The van der Waals surface area contributed by atoms with Crippen LogP contribution in [0.4, 0.5) is 0 Å². The highest BCUT2D eigenvalue weighted by Gasteiger charge is 2.02. The number of rotatable bonds is 1. The average molecular weight is 237 g/mol. The fourth-order valence-corrected chi connectivity index (χ4v) is 2.36. The van der Waals surface area contributed by atoms with Crippen molar-refractivity contribution in [3.63, 3.8) is 0 Å². The zero-order chi connectivity index (χ0) is 11.7. The molecule has 0 saturated heterocycles. The maximum atomic E-state index is 8.85. The number of pyridine rings is 1. The lowest BCUT2D eigenvalue weighted by Crippen LogP contribution is -1.83. The Morgan fingerprint density at radius 3 is 2.94 bits per heavy atom. The van der Waals surface area contributed by atoms with E-state index in [4.69, 9.17) is 5.26 Å². The quantitative estimate of drug-likeness (QED) is 0.652. The molecule has 0 amide bonds. The van der Waals surface area contributed by atoms with Crippen LogP contribution in [0.1, 0.15) is 5.56 Å². The van der Waals surface area contributed by atoms with Crippen molar-refractivity contribution in [1.29, 1.82) is 5.26 Å². The summed E-state index contributed by atoms with van der Waals surface area (Å²) in [6.45, 7) is 0.